The molecular formula is C24H42NaO6PS. The molecule has 0 saturated heterocycles. The summed E-state index contributed by atoms with van der Waals surface area (Å²) in [4.78, 5) is 11.8. The van der Waals surface area contributed by atoms with Crippen LogP contribution in [0.3, 0.4) is 0 Å². The van der Waals surface area contributed by atoms with Gasteiger partial charge in [0, 0.05) is 0 Å². The largest absolute Gasteiger partial charge is 1.00 e. The van der Waals surface area contributed by atoms with Crippen molar-refractivity contribution < 1.29 is 56.1 Å². The van der Waals surface area contributed by atoms with Gasteiger partial charge in [0.05, 0.1) is 11.5 Å². The van der Waals surface area contributed by atoms with Gasteiger partial charge in [0.1, 0.15) is 6.35 Å². The van der Waals surface area contributed by atoms with Gasteiger partial charge in [0.2, 0.25) is 0 Å². The Morgan fingerprint density at radius 3 is 1.67 bits per heavy atom. The molecule has 1 aromatic rings. The van der Waals surface area contributed by atoms with E-state index in [1.807, 2.05) is 6.92 Å². The molecule has 0 aliphatic rings. The van der Waals surface area contributed by atoms with Crippen LogP contribution in [0.25, 0.3) is 0 Å². The summed E-state index contributed by atoms with van der Waals surface area (Å²) in [6.45, 7) is 4.13. The zero-order chi connectivity index (χ0) is 23.7. The number of hydrogen-bond acceptors (Lipinski definition) is 6. The molecule has 0 aliphatic carbocycles. The maximum Gasteiger partial charge on any atom is 1.00 e. The summed E-state index contributed by atoms with van der Waals surface area (Å²) in [5, 5.41) is 0. The molecule has 0 aromatic heterocycles. The van der Waals surface area contributed by atoms with Crippen LogP contribution in [0.4, 0.5) is 0 Å². The minimum atomic E-state index is -4.36. The van der Waals surface area contributed by atoms with Gasteiger partial charge in [-0.2, -0.15) is 8.42 Å². The fourth-order valence-electron chi connectivity index (χ4n) is 3.44. The third kappa shape index (κ3) is 17.4. The maximum atomic E-state index is 12.1. The average Bonchev–Trinajstić information content (AvgIpc) is 2.75. The molecule has 0 radical (unpaired) electrons. The summed E-state index contributed by atoms with van der Waals surface area (Å²) >= 11 is 0. The molecule has 1 rings (SSSR count). The number of benzene rings is 1. The van der Waals surface area contributed by atoms with Crippen LogP contribution in [-0.2, 0) is 23.4 Å². The van der Waals surface area contributed by atoms with Crippen molar-refractivity contribution in [2.24, 2.45) is 0 Å². The molecule has 9 heteroatoms. The number of unbranched alkanes of at least 4 members (excludes halogenated alkanes) is 13. The second kappa shape index (κ2) is 19.5. The van der Waals surface area contributed by atoms with Gasteiger partial charge in [-0.25, -0.2) is 0 Å². The molecule has 1 aromatic carbocycles. The van der Waals surface area contributed by atoms with E-state index in [0.29, 0.717) is 6.42 Å². The fourth-order valence-corrected chi connectivity index (χ4v) is 5.60. The van der Waals surface area contributed by atoms with Crippen molar-refractivity contribution in [1.29, 1.82) is 0 Å². The first-order chi connectivity index (χ1) is 15.3. The van der Waals surface area contributed by atoms with Gasteiger partial charge in [-0.1, -0.05) is 108 Å². The smallest absolute Gasteiger partial charge is 0.777 e. The predicted molar refractivity (Wildman–Crippen MR) is 128 cm³/mol. The zero-order valence-corrected chi connectivity index (χ0v) is 24.6. The summed E-state index contributed by atoms with van der Waals surface area (Å²) in [6, 6.07) is 6.02. The van der Waals surface area contributed by atoms with Gasteiger partial charge in [-0.15, -0.1) is 0 Å². The van der Waals surface area contributed by atoms with E-state index in [1.54, 1.807) is 12.1 Å². The van der Waals surface area contributed by atoms with Crippen LogP contribution < -0.4 is 34.5 Å². The average molecular weight is 513 g/mol. The van der Waals surface area contributed by atoms with Crippen LogP contribution in [-0.4, -0.2) is 21.4 Å². The molecule has 0 saturated carbocycles. The Kier molecular flexibility index (Phi) is 19.6. The molecule has 0 N–H and O–H groups in total. The second-order valence-electron chi connectivity index (χ2n) is 8.55. The first kappa shape index (κ1) is 33.3. The molecule has 0 aliphatic heterocycles. The van der Waals surface area contributed by atoms with E-state index in [1.165, 1.54) is 76.3 Å². The Bertz CT molecular complexity index is 755. The van der Waals surface area contributed by atoms with E-state index >= 15 is 0 Å². The Labute approximate surface area is 224 Å². The Morgan fingerprint density at radius 2 is 1.21 bits per heavy atom. The first-order valence-electron chi connectivity index (χ1n) is 12.2. The minimum absolute atomic E-state index is 0. The quantitative estimate of drug-likeness (QED) is 0.114. The Hall–Kier alpha value is 0.280. The van der Waals surface area contributed by atoms with Crippen molar-refractivity contribution in [3.8, 4) is 0 Å². The second-order valence-corrected chi connectivity index (χ2v) is 11.9. The monoisotopic (exact) mass is 512 g/mol. The van der Waals surface area contributed by atoms with Crippen LogP contribution in [0.5, 0.6) is 0 Å². The Morgan fingerprint density at radius 1 is 0.788 bits per heavy atom. The molecule has 6 nitrogen and oxygen atoms in total. The van der Waals surface area contributed by atoms with E-state index < -0.39 is 24.1 Å². The molecule has 0 amide bonds. The SMILES string of the molecule is CCCCCCCCCCCCCCCCOP(=O)([O-])COS(=O)(=O)c1ccc(C)cc1.[Na+]. The summed E-state index contributed by atoms with van der Waals surface area (Å²) in [5.41, 5.74) is 0.898. The van der Waals surface area contributed by atoms with E-state index in [4.69, 9.17) is 4.52 Å². The molecule has 186 valence electrons. The zero-order valence-electron chi connectivity index (χ0n) is 20.9. The van der Waals surface area contributed by atoms with Crippen molar-refractivity contribution in [3.63, 3.8) is 0 Å². The maximum absolute atomic E-state index is 12.1. The van der Waals surface area contributed by atoms with Crippen molar-refractivity contribution in [3.05, 3.63) is 29.8 Å². The van der Waals surface area contributed by atoms with E-state index in [2.05, 4.69) is 11.1 Å². The van der Waals surface area contributed by atoms with Crippen molar-refractivity contribution >= 4 is 17.7 Å². The van der Waals surface area contributed by atoms with Crippen molar-refractivity contribution in [2.75, 3.05) is 13.0 Å². The van der Waals surface area contributed by atoms with Crippen LogP contribution >= 0.6 is 7.60 Å². The molecule has 0 heterocycles. The van der Waals surface area contributed by atoms with Crippen LogP contribution in [0.15, 0.2) is 29.2 Å². The molecule has 0 spiro atoms. The van der Waals surface area contributed by atoms with E-state index in [-0.39, 0.29) is 41.1 Å². The summed E-state index contributed by atoms with van der Waals surface area (Å²) in [5.74, 6) is 0. The van der Waals surface area contributed by atoms with Gasteiger partial charge < -0.3 is 14.0 Å². The number of rotatable bonds is 20. The Balaban J connectivity index is 0.0000102. The summed E-state index contributed by atoms with van der Waals surface area (Å²) in [7, 11) is -8.48. The molecule has 1 atom stereocenters. The third-order valence-corrected chi connectivity index (χ3v) is 7.94. The standard InChI is InChI=1S/C24H43O6PS.Na/c1-3-4-5-6-7-8-9-10-11-12-13-14-15-16-21-29-31(25,26)22-30-32(27,28)24-19-17-23(2)18-20-24;/h17-20H,3-16,21-22H2,1-2H3,(H,25,26);/q;+1/p-1. The molecular weight excluding hydrogens is 470 g/mol. The summed E-state index contributed by atoms with van der Waals surface area (Å²) in [6.07, 6.45) is 16.0. The summed E-state index contributed by atoms with van der Waals surface area (Å²) < 4.78 is 45.6. The normalized spacial score (nSPS) is 13.4. The van der Waals surface area contributed by atoms with Crippen LogP contribution in [0.2, 0.25) is 0 Å². The molecule has 1 unspecified atom stereocenters. The van der Waals surface area contributed by atoms with Gasteiger partial charge in [-0.3, -0.25) is 4.18 Å². The van der Waals surface area contributed by atoms with E-state index in [0.717, 1.165) is 24.8 Å². The third-order valence-electron chi connectivity index (χ3n) is 5.46. The van der Waals surface area contributed by atoms with Crippen molar-refractivity contribution in [1.82, 2.24) is 0 Å². The van der Waals surface area contributed by atoms with Gasteiger partial charge in [0.25, 0.3) is 10.1 Å². The van der Waals surface area contributed by atoms with Crippen LogP contribution in [0, 0.1) is 6.92 Å². The van der Waals surface area contributed by atoms with Gasteiger partial charge in [0.15, 0.2) is 7.60 Å². The van der Waals surface area contributed by atoms with Gasteiger partial charge >= 0.3 is 29.6 Å². The predicted octanol–water partition coefficient (Wildman–Crippen LogP) is 3.71. The molecule has 0 bridgehead atoms. The molecule has 0 fully saturated rings. The minimum Gasteiger partial charge on any atom is -0.777 e. The van der Waals surface area contributed by atoms with Crippen LogP contribution in [0.1, 0.15) is 102 Å². The number of aryl methyl sites for hydroxylation is 1. The first-order valence-corrected chi connectivity index (χ1v) is 15.3. The van der Waals surface area contributed by atoms with Gasteiger partial charge in [-0.05, 0) is 25.5 Å². The fraction of sp³-hybridized carbons (Fsp3) is 0.750. The number of hydrogen-bond donors (Lipinski definition) is 0. The molecule has 33 heavy (non-hydrogen) atoms. The topological polar surface area (TPSA) is 92.7 Å². The van der Waals surface area contributed by atoms with Crippen molar-refractivity contribution in [2.45, 2.75) is 109 Å². The van der Waals surface area contributed by atoms with E-state index in [9.17, 15) is 17.9 Å².